The maximum Gasteiger partial charge on any atom is 0.0976 e. The van der Waals surface area contributed by atoms with Gasteiger partial charge in [0.25, 0.3) is 0 Å². The van der Waals surface area contributed by atoms with Crippen molar-refractivity contribution in [3.63, 3.8) is 0 Å². The molecule has 20 heavy (non-hydrogen) atoms. The molecule has 0 saturated carbocycles. The molecule has 3 rings (SSSR count). The Kier molecular flexibility index (Phi) is 3.87. The number of hydrogen-bond donors (Lipinski definition) is 0. The number of hydrogen-bond acceptors (Lipinski definition) is 4. The fourth-order valence-corrected chi connectivity index (χ4v) is 3.94. The number of nitrogens with zero attached hydrogens (tertiary/aromatic N) is 2. The highest BCUT2D eigenvalue weighted by Gasteiger charge is 2.11. The van der Waals surface area contributed by atoms with Crippen molar-refractivity contribution in [2.24, 2.45) is 0 Å². The van der Waals surface area contributed by atoms with Gasteiger partial charge in [-0.05, 0) is 31.5 Å². The highest BCUT2D eigenvalue weighted by Crippen LogP contribution is 2.31. The van der Waals surface area contributed by atoms with Crippen molar-refractivity contribution in [2.45, 2.75) is 20.3 Å². The Labute approximate surface area is 131 Å². The molecule has 0 amide bonds. The maximum atomic E-state index is 5.90. The lowest BCUT2D eigenvalue weighted by Gasteiger charge is -1.98. The van der Waals surface area contributed by atoms with Crippen molar-refractivity contribution < 1.29 is 0 Å². The number of aryl methyl sites for hydroxylation is 2. The Morgan fingerprint density at radius 3 is 2.50 bits per heavy atom. The molecule has 0 saturated heterocycles. The summed E-state index contributed by atoms with van der Waals surface area (Å²) in [7, 11) is 0. The van der Waals surface area contributed by atoms with E-state index >= 15 is 0 Å². The van der Waals surface area contributed by atoms with Crippen molar-refractivity contribution in [1.82, 2.24) is 9.97 Å². The summed E-state index contributed by atoms with van der Waals surface area (Å²) >= 11 is 9.30. The maximum absolute atomic E-state index is 5.90. The van der Waals surface area contributed by atoms with Crippen LogP contribution in [0, 0.1) is 13.8 Å². The van der Waals surface area contributed by atoms with Crippen LogP contribution in [0.25, 0.3) is 10.6 Å². The Morgan fingerprint density at radius 2 is 1.85 bits per heavy atom. The van der Waals surface area contributed by atoms with E-state index in [-0.39, 0.29) is 0 Å². The minimum absolute atomic E-state index is 0.768. The van der Waals surface area contributed by atoms with Gasteiger partial charge >= 0.3 is 0 Å². The first kappa shape index (κ1) is 13.7. The molecule has 102 valence electrons. The fraction of sp³-hybridized carbons (Fsp3) is 0.200. The molecule has 0 unspecified atom stereocenters. The van der Waals surface area contributed by atoms with Crippen LogP contribution in [-0.2, 0) is 6.42 Å². The Morgan fingerprint density at radius 1 is 1.10 bits per heavy atom. The minimum Gasteiger partial charge on any atom is -0.246 e. The highest BCUT2D eigenvalue weighted by atomic mass is 35.5. The van der Waals surface area contributed by atoms with Crippen LogP contribution in [0.4, 0.5) is 0 Å². The average molecular weight is 321 g/mol. The summed E-state index contributed by atoms with van der Waals surface area (Å²) in [5, 5.41) is 5.09. The van der Waals surface area contributed by atoms with Gasteiger partial charge in [-0.2, -0.15) is 0 Å². The molecular weight excluding hydrogens is 308 g/mol. The van der Waals surface area contributed by atoms with Gasteiger partial charge in [0, 0.05) is 16.8 Å². The predicted octanol–water partition coefficient (Wildman–Crippen LogP) is 5.13. The molecule has 1 aromatic carbocycles. The molecule has 0 fully saturated rings. The van der Waals surface area contributed by atoms with Crippen LogP contribution in [0.5, 0.6) is 0 Å². The lowest BCUT2D eigenvalue weighted by molar-refractivity contribution is 1.14. The van der Waals surface area contributed by atoms with Gasteiger partial charge in [0.2, 0.25) is 0 Å². The lowest BCUT2D eigenvalue weighted by atomic mass is 10.2. The summed E-state index contributed by atoms with van der Waals surface area (Å²) in [4.78, 5) is 10.4. The van der Waals surface area contributed by atoms with E-state index in [0.717, 1.165) is 32.8 Å². The van der Waals surface area contributed by atoms with Crippen molar-refractivity contribution >= 4 is 34.3 Å². The third-order valence-corrected chi connectivity index (χ3v) is 5.15. The lowest BCUT2D eigenvalue weighted by Crippen LogP contribution is -1.87. The molecule has 0 aliphatic carbocycles. The van der Waals surface area contributed by atoms with Crippen LogP contribution in [-0.4, -0.2) is 9.97 Å². The number of aromatic nitrogens is 2. The van der Waals surface area contributed by atoms with Crippen LogP contribution in [0.3, 0.4) is 0 Å². The number of halogens is 1. The number of rotatable bonds is 3. The fourth-order valence-electron chi connectivity index (χ4n) is 2.04. The standard InChI is InChI=1S/C15H13ClN2S2/c1-9-15(20-10(2)17-9)13-8-19-14(18-13)7-11-3-5-12(16)6-4-11/h3-6,8H,7H2,1-2H3. The van der Waals surface area contributed by atoms with E-state index < -0.39 is 0 Å². The second-order valence-corrected chi connectivity index (χ2v) is 7.16. The third-order valence-electron chi connectivity index (χ3n) is 2.96. The molecule has 0 aliphatic rings. The summed E-state index contributed by atoms with van der Waals surface area (Å²) < 4.78 is 0. The van der Waals surface area contributed by atoms with Gasteiger partial charge in [-0.25, -0.2) is 9.97 Å². The zero-order valence-corrected chi connectivity index (χ0v) is 13.6. The smallest absolute Gasteiger partial charge is 0.0976 e. The van der Waals surface area contributed by atoms with Gasteiger partial charge in [-0.15, -0.1) is 22.7 Å². The molecule has 2 heterocycles. The van der Waals surface area contributed by atoms with E-state index in [1.165, 1.54) is 10.4 Å². The monoisotopic (exact) mass is 320 g/mol. The van der Waals surface area contributed by atoms with Crippen LogP contribution < -0.4 is 0 Å². The molecule has 2 aromatic heterocycles. The molecule has 3 aromatic rings. The van der Waals surface area contributed by atoms with Gasteiger partial charge in [0.05, 0.1) is 26.3 Å². The second kappa shape index (κ2) is 5.64. The largest absolute Gasteiger partial charge is 0.246 e. The van der Waals surface area contributed by atoms with Crippen LogP contribution in [0.1, 0.15) is 21.3 Å². The second-order valence-electron chi connectivity index (χ2n) is 4.58. The highest BCUT2D eigenvalue weighted by molar-refractivity contribution is 7.15. The summed E-state index contributed by atoms with van der Waals surface area (Å²) in [6.07, 6.45) is 0.846. The molecule has 0 atom stereocenters. The van der Waals surface area contributed by atoms with E-state index in [4.69, 9.17) is 16.6 Å². The van der Waals surface area contributed by atoms with Crippen molar-refractivity contribution in [1.29, 1.82) is 0 Å². The molecule has 0 radical (unpaired) electrons. The summed E-state index contributed by atoms with van der Waals surface area (Å²) in [5.41, 5.74) is 3.34. The minimum atomic E-state index is 0.768. The Hall–Kier alpha value is -1.23. The first-order chi connectivity index (χ1) is 9.61. The van der Waals surface area contributed by atoms with Gasteiger partial charge in [0.15, 0.2) is 0 Å². The van der Waals surface area contributed by atoms with Crippen molar-refractivity contribution in [3.05, 3.63) is 55.9 Å². The van der Waals surface area contributed by atoms with E-state index in [2.05, 4.69) is 10.4 Å². The molecular formula is C15H13ClN2S2. The van der Waals surface area contributed by atoms with Crippen molar-refractivity contribution in [2.75, 3.05) is 0 Å². The van der Waals surface area contributed by atoms with Crippen molar-refractivity contribution in [3.8, 4) is 10.6 Å². The summed E-state index contributed by atoms with van der Waals surface area (Å²) in [6, 6.07) is 7.93. The molecule has 0 spiro atoms. The first-order valence-corrected chi connectivity index (χ1v) is 8.32. The SMILES string of the molecule is Cc1nc(C)c(-c2csc(Cc3ccc(Cl)cc3)n2)s1. The van der Waals surface area contributed by atoms with Gasteiger partial charge < -0.3 is 0 Å². The third kappa shape index (κ3) is 2.92. The molecule has 2 nitrogen and oxygen atoms in total. The zero-order chi connectivity index (χ0) is 14.1. The number of benzene rings is 1. The van der Waals surface area contributed by atoms with Crippen LogP contribution in [0.15, 0.2) is 29.6 Å². The predicted molar refractivity (Wildman–Crippen MR) is 87.0 cm³/mol. The molecule has 0 N–H and O–H groups in total. The Bertz CT molecular complexity index is 729. The molecule has 0 aliphatic heterocycles. The van der Waals surface area contributed by atoms with Gasteiger partial charge in [-0.3, -0.25) is 0 Å². The van der Waals surface area contributed by atoms with E-state index in [1.54, 1.807) is 22.7 Å². The van der Waals surface area contributed by atoms with E-state index in [0.29, 0.717) is 0 Å². The van der Waals surface area contributed by atoms with E-state index in [1.807, 2.05) is 38.1 Å². The van der Waals surface area contributed by atoms with Crippen LogP contribution >= 0.6 is 34.3 Å². The quantitative estimate of drug-likeness (QED) is 0.668. The van der Waals surface area contributed by atoms with Gasteiger partial charge in [0.1, 0.15) is 0 Å². The average Bonchev–Trinajstić information content (AvgIpc) is 2.99. The van der Waals surface area contributed by atoms with E-state index in [9.17, 15) is 0 Å². The molecule has 0 bridgehead atoms. The summed E-state index contributed by atoms with van der Waals surface area (Å²) in [6.45, 7) is 4.07. The molecule has 5 heteroatoms. The Balaban J connectivity index is 1.83. The van der Waals surface area contributed by atoms with Gasteiger partial charge in [-0.1, -0.05) is 23.7 Å². The normalized spacial score (nSPS) is 10.9. The first-order valence-electron chi connectivity index (χ1n) is 6.25. The zero-order valence-electron chi connectivity index (χ0n) is 11.2. The van der Waals surface area contributed by atoms with Crippen LogP contribution in [0.2, 0.25) is 5.02 Å². The number of thiazole rings is 2. The topological polar surface area (TPSA) is 25.8 Å². The summed E-state index contributed by atoms with van der Waals surface area (Å²) in [5.74, 6) is 0.